The van der Waals surface area contributed by atoms with Gasteiger partial charge in [-0.2, -0.15) is 13.2 Å². The number of carbonyl (C=O) groups excluding carboxylic acids is 1. The molecule has 1 aromatic heterocycles. The minimum absolute atomic E-state index is 0.0173. The molecule has 0 aliphatic heterocycles. The lowest BCUT2D eigenvalue weighted by Gasteiger charge is -2.09. The van der Waals surface area contributed by atoms with Crippen molar-refractivity contribution in [3.63, 3.8) is 0 Å². The van der Waals surface area contributed by atoms with E-state index in [1.165, 1.54) is 13.8 Å². The van der Waals surface area contributed by atoms with E-state index in [2.05, 4.69) is 36.6 Å². The van der Waals surface area contributed by atoms with Gasteiger partial charge in [0.05, 0.1) is 6.61 Å². The Hall–Kier alpha value is -0.500. The molecule has 1 heterocycles. The van der Waals surface area contributed by atoms with Crippen LogP contribution in [0.1, 0.15) is 35.7 Å². The predicted octanol–water partition coefficient (Wildman–Crippen LogP) is 4.44. The van der Waals surface area contributed by atoms with Gasteiger partial charge in [0, 0.05) is 0 Å². The summed E-state index contributed by atoms with van der Waals surface area (Å²) in [6.07, 6.45) is -4.76. The predicted molar refractivity (Wildman–Crippen MR) is 64.9 cm³/mol. The van der Waals surface area contributed by atoms with Gasteiger partial charge >= 0.3 is 12.1 Å². The maximum atomic E-state index is 12.7. The molecule has 0 atom stereocenters. The zero-order chi connectivity index (χ0) is 14.1. The Kier molecular flexibility index (Phi) is 4.53. The number of carbonyl (C=O) groups is 1. The fourth-order valence-corrected chi connectivity index (χ4v) is 1.57. The Morgan fingerprint density at radius 2 is 2.00 bits per heavy atom. The minimum atomic E-state index is -4.76. The molecule has 1 rings (SSSR count). The topological polar surface area (TPSA) is 39.4 Å². The number of ether oxygens (including phenoxy) is 1. The zero-order valence-corrected chi connectivity index (χ0v) is 12.6. The van der Waals surface area contributed by atoms with E-state index in [4.69, 9.17) is 4.42 Å². The van der Waals surface area contributed by atoms with Crippen LogP contribution < -0.4 is 0 Å². The number of hydrogen-bond acceptors (Lipinski definition) is 3. The van der Waals surface area contributed by atoms with Crippen LogP contribution in [-0.2, 0) is 14.1 Å². The van der Waals surface area contributed by atoms with Crippen LogP contribution in [0.3, 0.4) is 0 Å². The first-order chi connectivity index (χ1) is 8.07. The first-order valence-corrected chi connectivity index (χ1v) is 6.42. The number of alkyl halides is 5. The molecule has 0 bridgehead atoms. The normalized spacial score (nSPS) is 12.6. The highest BCUT2D eigenvalue weighted by atomic mass is 79.9. The van der Waals surface area contributed by atoms with Crippen LogP contribution in [0.25, 0.3) is 0 Å². The molecule has 0 amide bonds. The second-order valence-corrected chi connectivity index (χ2v) is 7.70. The summed E-state index contributed by atoms with van der Waals surface area (Å²) in [5.74, 6) is -2.50. The van der Waals surface area contributed by atoms with Gasteiger partial charge in [-0.25, -0.2) is 4.79 Å². The first-order valence-electron chi connectivity index (χ1n) is 4.83. The quantitative estimate of drug-likeness (QED) is 0.563. The Balaban J connectivity index is 3.31. The van der Waals surface area contributed by atoms with Crippen LogP contribution in [0.2, 0.25) is 0 Å². The summed E-state index contributed by atoms with van der Waals surface area (Å²) in [5, 5.41) is 0. The molecule has 18 heavy (non-hydrogen) atoms. The van der Waals surface area contributed by atoms with Crippen molar-refractivity contribution in [1.82, 2.24) is 0 Å². The summed E-state index contributed by atoms with van der Waals surface area (Å²) in [4.78, 5) is 11.4. The molecule has 0 aromatic carbocycles. The Morgan fingerprint density at radius 1 is 1.44 bits per heavy atom. The Bertz CT molecular complexity index is 446. The van der Waals surface area contributed by atoms with Gasteiger partial charge in [0.15, 0.2) is 0 Å². The van der Waals surface area contributed by atoms with Crippen molar-refractivity contribution >= 4 is 37.8 Å². The van der Waals surface area contributed by atoms with Gasteiger partial charge in [0.2, 0.25) is 5.76 Å². The van der Waals surface area contributed by atoms with E-state index in [0.29, 0.717) is 0 Å². The second-order valence-electron chi connectivity index (χ2n) is 3.46. The van der Waals surface area contributed by atoms with Crippen LogP contribution in [0, 0.1) is 0 Å². The van der Waals surface area contributed by atoms with Gasteiger partial charge in [-0.1, -0.05) is 31.9 Å². The largest absolute Gasteiger partial charge is 0.462 e. The van der Waals surface area contributed by atoms with Gasteiger partial charge in [-0.15, -0.1) is 0 Å². The molecule has 0 saturated carbocycles. The average Bonchev–Trinajstić information content (AvgIpc) is 2.60. The molecule has 8 heteroatoms. The summed E-state index contributed by atoms with van der Waals surface area (Å²) < 4.78 is 46.4. The SMILES string of the molecule is CCOC(=O)c1cc(C(C)(Br)Br)oc1C(F)(F)F. The number of furan rings is 1. The molecule has 0 spiro atoms. The molecule has 102 valence electrons. The van der Waals surface area contributed by atoms with Crippen LogP contribution in [-0.4, -0.2) is 12.6 Å². The van der Waals surface area contributed by atoms with Crippen molar-refractivity contribution in [2.45, 2.75) is 23.3 Å². The summed E-state index contributed by atoms with van der Waals surface area (Å²) in [5.41, 5.74) is -0.635. The van der Waals surface area contributed by atoms with Gasteiger partial charge in [0.1, 0.15) is 14.6 Å². The number of rotatable bonds is 3. The summed E-state index contributed by atoms with van der Waals surface area (Å²) in [6.45, 7) is 3.02. The Morgan fingerprint density at radius 3 is 2.39 bits per heavy atom. The third-order valence-corrected chi connectivity index (χ3v) is 2.70. The highest BCUT2D eigenvalue weighted by Gasteiger charge is 2.42. The fourth-order valence-electron chi connectivity index (χ4n) is 1.18. The lowest BCUT2D eigenvalue weighted by molar-refractivity contribution is -0.154. The van der Waals surface area contributed by atoms with Crippen molar-refractivity contribution in [1.29, 1.82) is 0 Å². The fraction of sp³-hybridized carbons (Fsp3) is 0.500. The molecule has 0 radical (unpaired) electrons. The molecular weight excluding hydrogens is 385 g/mol. The molecule has 0 unspecified atom stereocenters. The van der Waals surface area contributed by atoms with Crippen LogP contribution >= 0.6 is 31.9 Å². The zero-order valence-electron chi connectivity index (χ0n) is 9.40. The van der Waals surface area contributed by atoms with Gasteiger partial charge in [-0.05, 0) is 19.9 Å². The highest BCUT2D eigenvalue weighted by molar-refractivity contribution is 9.24. The molecule has 3 nitrogen and oxygen atoms in total. The van der Waals surface area contributed by atoms with Crippen LogP contribution in [0.4, 0.5) is 13.2 Å². The summed E-state index contributed by atoms with van der Waals surface area (Å²) >= 11 is 6.18. The second kappa shape index (κ2) is 5.24. The first kappa shape index (κ1) is 15.6. The van der Waals surface area contributed by atoms with Crippen molar-refractivity contribution < 1.29 is 27.1 Å². The molecule has 0 aliphatic rings. The minimum Gasteiger partial charge on any atom is -0.462 e. The van der Waals surface area contributed by atoms with E-state index >= 15 is 0 Å². The molecule has 0 N–H and O–H groups in total. The number of esters is 1. The van der Waals surface area contributed by atoms with Gasteiger partial charge in [-0.3, -0.25) is 0 Å². The summed E-state index contributed by atoms with van der Waals surface area (Å²) in [7, 11) is 0. The Labute approximate surface area is 118 Å². The van der Waals surface area contributed by atoms with E-state index in [1.54, 1.807) is 0 Å². The lowest BCUT2D eigenvalue weighted by Crippen LogP contribution is -2.12. The molecular formula is C10H9Br2F3O3. The highest BCUT2D eigenvalue weighted by Crippen LogP contribution is 2.43. The van der Waals surface area contributed by atoms with Gasteiger partial charge < -0.3 is 9.15 Å². The van der Waals surface area contributed by atoms with Crippen LogP contribution in [0.15, 0.2) is 10.5 Å². The van der Waals surface area contributed by atoms with E-state index in [9.17, 15) is 18.0 Å². The van der Waals surface area contributed by atoms with Crippen molar-refractivity contribution in [3.8, 4) is 0 Å². The van der Waals surface area contributed by atoms with E-state index in [0.717, 1.165) is 6.07 Å². The van der Waals surface area contributed by atoms with E-state index in [1.807, 2.05) is 0 Å². The van der Waals surface area contributed by atoms with E-state index in [-0.39, 0.29) is 12.4 Å². The lowest BCUT2D eigenvalue weighted by atomic mass is 10.2. The third-order valence-electron chi connectivity index (χ3n) is 1.92. The van der Waals surface area contributed by atoms with Crippen molar-refractivity contribution in [2.75, 3.05) is 6.61 Å². The standard InChI is InChI=1S/C10H9Br2F3O3/c1-3-17-8(16)5-4-6(9(2,11)12)18-7(5)10(13,14)15/h4H,3H2,1-2H3. The maximum absolute atomic E-state index is 12.7. The summed E-state index contributed by atoms with van der Waals surface area (Å²) in [6, 6.07) is 1.00. The molecule has 0 aliphatic carbocycles. The van der Waals surface area contributed by atoms with Crippen LogP contribution in [0.5, 0.6) is 0 Å². The van der Waals surface area contributed by atoms with E-state index < -0.39 is 26.7 Å². The molecule has 0 fully saturated rings. The van der Waals surface area contributed by atoms with Gasteiger partial charge in [0.25, 0.3) is 0 Å². The third kappa shape index (κ3) is 3.50. The van der Waals surface area contributed by atoms with Crippen molar-refractivity contribution in [2.24, 2.45) is 0 Å². The molecule has 1 aromatic rings. The monoisotopic (exact) mass is 392 g/mol. The van der Waals surface area contributed by atoms with Crippen molar-refractivity contribution in [3.05, 3.63) is 23.2 Å². The average molecular weight is 394 g/mol. The number of hydrogen-bond donors (Lipinski definition) is 0. The number of halogens is 5. The smallest absolute Gasteiger partial charge is 0.450 e. The maximum Gasteiger partial charge on any atom is 0.450 e. The molecule has 0 saturated heterocycles.